The van der Waals surface area contributed by atoms with Crippen molar-refractivity contribution < 1.29 is 9.59 Å². The summed E-state index contributed by atoms with van der Waals surface area (Å²) in [5.74, 6) is 0.323. The summed E-state index contributed by atoms with van der Waals surface area (Å²) < 4.78 is 0.992. The number of carbonyl (C=O) groups excluding carboxylic acids is 2. The Morgan fingerprint density at radius 3 is 2.56 bits per heavy atom. The van der Waals surface area contributed by atoms with Gasteiger partial charge >= 0.3 is 0 Å². The van der Waals surface area contributed by atoms with Gasteiger partial charge in [0, 0.05) is 16.2 Å². The van der Waals surface area contributed by atoms with Crippen molar-refractivity contribution >= 4 is 40.2 Å². The number of hydrogen-bond donors (Lipinski definition) is 0. The smallest absolute Gasteiger partial charge is 0.241 e. The van der Waals surface area contributed by atoms with Crippen LogP contribution in [-0.4, -0.2) is 16.8 Å². The van der Waals surface area contributed by atoms with Crippen LogP contribution < -0.4 is 4.90 Å². The van der Waals surface area contributed by atoms with Gasteiger partial charge in [0.2, 0.25) is 11.8 Å². The molecule has 0 unspecified atom stereocenters. The van der Waals surface area contributed by atoms with Crippen LogP contribution in [0, 0.1) is 8.99 Å². The highest BCUT2D eigenvalue weighted by molar-refractivity contribution is 14.1. The van der Waals surface area contributed by atoms with Crippen LogP contribution in [0.15, 0.2) is 18.3 Å². The maximum absolute atomic E-state index is 12.5. The molecule has 1 aliphatic heterocycles. The Balaban J connectivity index is 1.95. The van der Waals surface area contributed by atoms with E-state index in [4.69, 9.17) is 0 Å². The summed E-state index contributed by atoms with van der Waals surface area (Å²) in [5, 5.41) is 0. The van der Waals surface area contributed by atoms with E-state index in [1.54, 1.807) is 12.3 Å². The quantitative estimate of drug-likeness (QED) is 0.574. The Morgan fingerprint density at radius 1 is 1.22 bits per heavy atom. The summed E-state index contributed by atoms with van der Waals surface area (Å²) in [7, 11) is 0. The van der Waals surface area contributed by atoms with Crippen molar-refractivity contribution in [3.63, 3.8) is 0 Å². The average molecular weight is 356 g/mol. The molecule has 1 saturated heterocycles. The molecule has 1 spiro atoms. The van der Waals surface area contributed by atoms with E-state index >= 15 is 0 Å². The maximum atomic E-state index is 12.5. The fraction of sp³-hybridized carbons (Fsp3) is 0.462. The third-order valence-corrected chi connectivity index (χ3v) is 4.54. The van der Waals surface area contributed by atoms with E-state index in [1.165, 1.54) is 4.90 Å². The molecule has 1 aliphatic carbocycles. The van der Waals surface area contributed by atoms with Crippen LogP contribution in [0.1, 0.15) is 32.1 Å². The number of amides is 2. The number of anilines is 1. The Bertz CT molecular complexity index is 506. The predicted octanol–water partition coefficient (Wildman–Crippen LogP) is 2.51. The van der Waals surface area contributed by atoms with Crippen molar-refractivity contribution in [2.45, 2.75) is 32.1 Å². The third kappa shape index (κ3) is 1.75. The van der Waals surface area contributed by atoms with E-state index < -0.39 is 5.41 Å². The standard InChI is InChI=1S/C13H13IN2O2/c14-9-3-4-10(15-8-9)16-11(17)7-13(12(16)18)5-1-2-6-13/h3-4,8H,1-2,5-7H2. The molecule has 0 aromatic carbocycles. The molecule has 94 valence electrons. The number of nitrogens with zero attached hydrogens (tertiary/aromatic N) is 2. The lowest BCUT2D eigenvalue weighted by molar-refractivity contribution is -0.125. The summed E-state index contributed by atoms with van der Waals surface area (Å²) in [4.78, 5) is 30.1. The molecule has 4 nitrogen and oxygen atoms in total. The molecular formula is C13H13IN2O2. The van der Waals surface area contributed by atoms with Crippen molar-refractivity contribution in [2.75, 3.05) is 4.90 Å². The number of imide groups is 1. The summed E-state index contributed by atoms with van der Waals surface area (Å²) in [6.45, 7) is 0. The van der Waals surface area contributed by atoms with E-state index in [1.807, 2.05) is 6.07 Å². The predicted molar refractivity (Wildman–Crippen MR) is 75.0 cm³/mol. The molecule has 0 bridgehead atoms. The normalized spacial score (nSPS) is 22.2. The first-order chi connectivity index (χ1) is 8.62. The van der Waals surface area contributed by atoms with Gasteiger partial charge in [0.15, 0.2) is 0 Å². The first kappa shape index (κ1) is 12.1. The van der Waals surface area contributed by atoms with E-state index in [0.717, 1.165) is 29.3 Å². The van der Waals surface area contributed by atoms with Gasteiger partial charge in [0.05, 0.1) is 5.41 Å². The lowest BCUT2D eigenvalue weighted by Gasteiger charge is -2.20. The highest BCUT2D eigenvalue weighted by Crippen LogP contribution is 2.47. The van der Waals surface area contributed by atoms with Crippen molar-refractivity contribution in [1.82, 2.24) is 4.98 Å². The van der Waals surface area contributed by atoms with Crippen LogP contribution in [0.5, 0.6) is 0 Å². The summed E-state index contributed by atoms with van der Waals surface area (Å²) >= 11 is 2.15. The SMILES string of the molecule is O=C1CC2(CCCC2)C(=O)N1c1ccc(I)cn1. The van der Waals surface area contributed by atoms with Gasteiger partial charge in [-0.1, -0.05) is 12.8 Å². The number of pyridine rings is 1. The van der Waals surface area contributed by atoms with Crippen molar-refractivity contribution in [1.29, 1.82) is 0 Å². The lowest BCUT2D eigenvalue weighted by Crippen LogP contribution is -2.34. The third-order valence-electron chi connectivity index (χ3n) is 3.90. The summed E-state index contributed by atoms with van der Waals surface area (Å²) in [5.41, 5.74) is -0.415. The zero-order valence-electron chi connectivity index (χ0n) is 9.86. The lowest BCUT2D eigenvalue weighted by atomic mass is 9.84. The molecule has 1 aromatic rings. The second-order valence-corrected chi connectivity index (χ2v) is 6.28. The molecule has 0 radical (unpaired) electrons. The molecule has 1 saturated carbocycles. The Hall–Kier alpha value is -0.980. The Kier molecular flexibility index (Phi) is 2.88. The van der Waals surface area contributed by atoms with Crippen molar-refractivity contribution in [2.24, 2.45) is 5.41 Å². The van der Waals surface area contributed by atoms with Crippen LogP contribution in [-0.2, 0) is 9.59 Å². The van der Waals surface area contributed by atoms with E-state index in [2.05, 4.69) is 27.6 Å². The molecule has 2 heterocycles. The van der Waals surface area contributed by atoms with Gasteiger partial charge in [-0.25, -0.2) is 9.88 Å². The number of aromatic nitrogens is 1. The average Bonchev–Trinajstić information content (AvgIpc) is 2.89. The van der Waals surface area contributed by atoms with E-state index in [-0.39, 0.29) is 11.8 Å². The van der Waals surface area contributed by atoms with Crippen LogP contribution in [0.25, 0.3) is 0 Å². The van der Waals surface area contributed by atoms with Crippen LogP contribution in [0.3, 0.4) is 0 Å². The summed E-state index contributed by atoms with van der Waals surface area (Å²) in [6.07, 6.45) is 5.83. The molecule has 2 amide bonds. The zero-order chi connectivity index (χ0) is 12.8. The first-order valence-corrected chi connectivity index (χ1v) is 7.19. The van der Waals surface area contributed by atoms with Crippen LogP contribution in [0.4, 0.5) is 5.82 Å². The molecule has 3 rings (SSSR count). The van der Waals surface area contributed by atoms with Gasteiger partial charge < -0.3 is 0 Å². The van der Waals surface area contributed by atoms with Crippen LogP contribution >= 0.6 is 22.6 Å². The second kappa shape index (κ2) is 4.29. The minimum absolute atomic E-state index is 0.0429. The molecule has 0 N–H and O–H groups in total. The van der Waals surface area contributed by atoms with Crippen molar-refractivity contribution in [3.8, 4) is 0 Å². The van der Waals surface area contributed by atoms with Gasteiger partial charge in [0.1, 0.15) is 5.82 Å². The zero-order valence-corrected chi connectivity index (χ0v) is 12.0. The van der Waals surface area contributed by atoms with Gasteiger partial charge in [0.25, 0.3) is 0 Å². The Labute approximate surface area is 119 Å². The fourth-order valence-corrected chi connectivity index (χ4v) is 3.29. The summed E-state index contributed by atoms with van der Waals surface area (Å²) in [6, 6.07) is 3.61. The van der Waals surface area contributed by atoms with E-state index in [9.17, 15) is 9.59 Å². The molecule has 0 atom stereocenters. The number of carbonyl (C=O) groups is 2. The van der Waals surface area contributed by atoms with Crippen molar-refractivity contribution in [3.05, 3.63) is 21.9 Å². The molecular weight excluding hydrogens is 343 g/mol. The molecule has 2 aliphatic rings. The van der Waals surface area contributed by atoms with Gasteiger partial charge in [-0.05, 0) is 47.6 Å². The maximum Gasteiger partial charge on any atom is 0.241 e. The number of hydrogen-bond acceptors (Lipinski definition) is 3. The molecule has 1 aromatic heterocycles. The first-order valence-electron chi connectivity index (χ1n) is 6.11. The highest BCUT2D eigenvalue weighted by atomic mass is 127. The van der Waals surface area contributed by atoms with E-state index in [0.29, 0.717) is 12.2 Å². The minimum atomic E-state index is -0.415. The van der Waals surface area contributed by atoms with Gasteiger partial charge in [-0.3, -0.25) is 9.59 Å². The molecule has 2 fully saturated rings. The fourth-order valence-electron chi connectivity index (χ4n) is 2.97. The highest BCUT2D eigenvalue weighted by Gasteiger charge is 2.53. The Morgan fingerprint density at radius 2 is 1.94 bits per heavy atom. The van der Waals surface area contributed by atoms with Gasteiger partial charge in [-0.15, -0.1) is 0 Å². The van der Waals surface area contributed by atoms with Crippen LogP contribution in [0.2, 0.25) is 0 Å². The number of halogens is 1. The minimum Gasteiger partial charge on any atom is -0.274 e. The number of rotatable bonds is 1. The second-order valence-electron chi connectivity index (χ2n) is 5.03. The molecule has 5 heteroatoms. The van der Waals surface area contributed by atoms with Gasteiger partial charge in [-0.2, -0.15) is 0 Å². The molecule has 18 heavy (non-hydrogen) atoms. The largest absolute Gasteiger partial charge is 0.274 e. The topological polar surface area (TPSA) is 50.3 Å². The monoisotopic (exact) mass is 356 g/mol.